The van der Waals surface area contributed by atoms with Gasteiger partial charge in [-0.3, -0.25) is 14.8 Å². The van der Waals surface area contributed by atoms with E-state index in [1.54, 1.807) is 0 Å². The monoisotopic (exact) mass is 477 g/mol. The van der Waals surface area contributed by atoms with Crippen molar-refractivity contribution in [1.82, 2.24) is 15.3 Å². The molecule has 0 aromatic carbocycles. The van der Waals surface area contributed by atoms with Crippen LogP contribution in [-0.2, 0) is 28.8 Å². The molecule has 2 heterocycles. The van der Waals surface area contributed by atoms with Gasteiger partial charge in [-0.1, -0.05) is 24.6 Å². The van der Waals surface area contributed by atoms with Crippen LogP contribution in [0.15, 0.2) is 24.5 Å². The van der Waals surface area contributed by atoms with Gasteiger partial charge in [0.1, 0.15) is 6.04 Å². The maximum Gasteiger partial charge on any atom is 0.326 e. The lowest BCUT2D eigenvalue weighted by Gasteiger charge is -2.17. The number of hydrogen-bond acceptors (Lipinski definition) is 5. The predicted octanol–water partition coefficient (Wildman–Crippen LogP) is 4.01. The Balaban J connectivity index is 1.40. The molecule has 1 aliphatic rings. The number of aryl methyl sites for hydroxylation is 3. The number of aromatic nitrogens is 2. The van der Waals surface area contributed by atoms with Gasteiger partial charge >= 0.3 is 5.97 Å². The lowest BCUT2D eigenvalue weighted by atomic mass is 9.95. The molecule has 9 heteroatoms. The summed E-state index contributed by atoms with van der Waals surface area (Å²) >= 11 is 5.82. The minimum Gasteiger partial charge on any atom is -0.480 e. The van der Waals surface area contributed by atoms with Gasteiger partial charge in [0, 0.05) is 37.2 Å². The number of hydrogen-bond donors (Lipinski definition) is 2. The van der Waals surface area contributed by atoms with E-state index in [-0.39, 0.29) is 24.0 Å². The van der Waals surface area contributed by atoms with Crippen LogP contribution < -0.4 is 5.32 Å². The van der Waals surface area contributed by atoms with E-state index in [4.69, 9.17) is 21.3 Å². The van der Waals surface area contributed by atoms with Crippen LogP contribution in [0.5, 0.6) is 0 Å². The summed E-state index contributed by atoms with van der Waals surface area (Å²) in [5.41, 5.74) is 3.27. The van der Waals surface area contributed by atoms with Gasteiger partial charge in [0.2, 0.25) is 0 Å². The number of ether oxygens (including phenoxy) is 1. The Morgan fingerprint density at radius 1 is 1.24 bits per heavy atom. The van der Waals surface area contributed by atoms with Crippen molar-refractivity contribution in [1.29, 1.82) is 0 Å². The molecular formula is C24H29ClFN3O4. The molecule has 0 radical (unpaired) electrons. The average Bonchev–Trinajstić information content (AvgIpc) is 2.79. The highest BCUT2D eigenvalue weighted by Gasteiger charge is 2.24. The van der Waals surface area contributed by atoms with Crippen molar-refractivity contribution in [2.75, 3.05) is 13.2 Å². The summed E-state index contributed by atoms with van der Waals surface area (Å²) in [5, 5.41) is 11.5. The number of aliphatic carboxylic acids is 1. The van der Waals surface area contributed by atoms with Gasteiger partial charge in [0.05, 0.1) is 16.8 Å². The van der Waals surface area contributed by atoms with E-state index in [0.717, 1.165) is 43.8 Å². The van der Waals surface area contributed by atoms with Crippen LogP contribution in [0.4, 0.5) is 4.39 Å². The topological polar surface area (TPSA) is 101 Å². The molecule has 0 saturated heterocycles. The average molecular weight is 478 g/mol. The van der Waals surface area contributed by atoms with E-state index >= 15 is 0 Å². The summed E-state index contributed by atoms with van der Waals surface area (Å²) in [4.78, 5) is 32.1. The normalized spacial score (nSPS) is 14.9. The second-order valence-electron chi connectivity index (χ2n) is 8.47. The van der Waals surface area contributed by atoms with Crippen LogP contribution in [0.1, 0.15) is 59.9 Å². The van der Waals surface area contributed by atoms with Crippen molar-refractivity contribution in [3.05, 3.63) is 57.9 Å². The van der Waals surface area contributed by atoms with Gasteiger partial charge in [-0.05, 0) is 56.1 Å². The number of amides is 1. The number of nitrogens with zero attached hydrogens (tertiary/aromatic N) is 2. The quantitative estimate of drug-likeness (QED) is 0.474. The minimum absolute atomic E-state index is 0.0461. The smallest absolute Gasteiger partial charge is 0.326 e. The molecule has 0 fully saturated rings. The van der Waals surface area contributed by atoms with Crippen molar-refractivity contribution >= 4 is 23.5 Å². The molecule has 178 valence electrons. The minimum atomic E-state index is -1.23. The Kier molecular flexibility index (Phi) is 9.14. The molecule has 3 rings (SSSR count). The van der Waals surface area contributed by atoms with Gasteiger partial charge in [0.15, 0.2) is 5.82 Å². The summed E-state index contributed by atoms with van der Waals surface area (Å²) in [6.07, 6.45) is 8.41. The van der Waals surface area contributed by atoms with Crippen molar-refractivity contribution in [3.8, 4) is 0 Å². The number of rotatable bonds is 11. The zero-order valence-electron chi connectivity index (χ0n) is 18.7. The van der Waals surface area contributed by atoms with Crippen molar-refractivity contribution in [2.45, 2.75) is 57.9 Å². The summed E-state index contributed by atoms with van der Waals surface area (Å²) in [5.74, 6) is -2.78. The molecule has 2 aromatic heterocycles. The van der Waals surface area contributed by atoms with Gasteiger partial charge < -0.3 is 15.2 Å². The molecule has 1 aliphatic carbocycles. The Morgan fingerprint density at radius 3 is 2.79 bits per heavy atom. The molecule has 0 bridgehead atoms. The lowest BCUT2D eigenvalue weighted by molar-refractivity contribution is -0.139. The number of nitrogens with one attached hydrogen (secondary N) is 1. The van der Waals surface area contributed by atoms with Crippen LogP contribution in [0.3, 0.4) is 0 Å². The highest BCUT2D eigenvalue weighted by Crippen LogP contribution is 2.21. The van der Waals surface area contributed by atoms with Crippen LogP contribution in [0, 0.1) is 11.7 Å². The third kappa shape index (κ3) is 7.20. The van der Waals surface area contributed by atoms with Crippen LogP contribution in [-0.4, -0.2) is 46.2 Å². The lowest BCUT2D eigenvalue weighted by Crippen LogP contribution is -2.42. The van der Waals surface area contributed by atoms with E-state index in [1.807, 2.05) is 0 Å². The molecular weight excluding hydrogens is 449 g/mol. The number of carbonyl (C=O) groups excluding carboxylic acids is 1. The fraction of sp³-hybridized carbons (Fsp3) is 0.500. The Morgan fingerprint density at radius 2 is 2.03 bits per heavy atom. The molecule has 2 aromatic rings. The third-order valence-corrected chi connectivity index (χ3v) is 6.05. The molecule has 7 nitrogen and oxygen atoms in total. The molecule has 2 N–H and O–H groups in total. The number of fused-ring (bicyclic) bond motifs is 1. The second kappa shape index (κ2) is 12.0. The van der Waals surface area contributed by atoms with E-state index < -0.39 is 29.3 Å². The first kappa shape index (κ1) is 25.1. The Hall–Kier alpha value is -2.58. The number of halogens is 2. The first-order chi connectivity index (χ1) is 15.8. The maximum absolute atomic E-state index is 13.8. The van der Waals surface area contributed by atoms with Crippen LogP contribution in [0.25, 0.3) is 0 Å². The van der Waals surface area contributed by atoms with Gasteiger partial charge in [0.25, 0.3) is 5.91 Å². The fourth-order valence-electron chi connectivity index (χ4n) is 3.85. The van der Waals surface area contributed by atoms with Crippen molar-refractivity contribution < 1.29 is 23.8 Å². The maximum atomic E-state index is 13.8. The van der Waals surface area contributed by atoms with Crippen LogP contribution in [0.2, 0.25) is 5.02 Å². The molecule has 0 unspecified atom stereocenters. The molecule has 2 atom stereocenters. The van der Waals surface area contributed by atoms with E-state index in [2.05, 4.69) is 29.4 Å². The molecule has 1 amide bonds. The van der Waals surface area contributed by atoms with Gasteiger partial charge in [-0.15, -0.1) is 0 Å². The predicted molar refractivity (Wildman–Crippen MR) is 122 cm³/mol. The van der Waals surface area contributed by atoms with E-state index in [0.29, 0.717) is 6.61 Å². The summed E-state index contributed by atoms with van der Waals surface area (Å²) in [6.45, 7) is 2.68. The van der Waals surface area contributed by atoms with Crippen molar-refractivity contribution in [2.24, 2.45) is 5.92 Å². The van der Waals surface area contributed by atoms with E-state index in [9.17, 15) is 19.1 Å². The largest absolute Gasteiger partial charge is 0.480 e. The standard InChI is InChI=1S/C24H29ClFN3O4/c1-15(6-8-17-9-7-16-4-2-3-5-20(16)28-17)14-33-11-10-21(24(31)32)29-23(30)22-18(25)12-27-13-19(22)26/h7,9,12-13,15,21H,2-6,8,10-11,14H2,1H3,(H,29,30)(H,31,32)/t15-,21+/m0/s1. The summed E-state index contributed by atoms with van der Waals surface area (Å²) < 4.78 is 19.5. The molecule has 0 aliphatic heterocycles. The highest BCUT2D eigenvalue weighted by atomic mass is 35.5. The van der Waals surface area contributed by atoms with Crippen LogP contribution >= 0.6 is 11.6 Å². The molecule has 0 spiro atoms. The van der Waals surface area contributed by atoms with E-state index in [1.165, 1.54) is 24.1 Å². The summed E-state index contributed by atoms with van der Waals surface area (Å²) in [7, 11) is 0. The highest BCUT2D eigenvalue weighted by molar-refractivity contribution is 6.33. The molecule has 33 heavy (non-hydrogen) atoms. The number of carbonyl (C=O) groups is 2. The third-order valence-electron chi connectivity index (χ3n) is 5.77. The Bertz CT molecular complexity index is 968. The first-order valence-electron chi connectivity index (χ1n) is 11.2. The number of carboxylic acids is 1. The molecule has 0 saturated carbocycles. The fourth-order valence-corrected chi connectivity index (χ4v) is 4.08. The zero-order chi connectivity index (χ0) is 23.8. The SMILES string of the molecule is C[C@@H](CCc1ccc2c(n1)CCCC2)COCC[C@@H](NC(=O)c1c(F)cncc1Cl)C(=O)O. The Labute approximate surface area is 197 Å². The van der Waals surface area contributed by atoms with Gasteiger partial charge in [-0.2, -0.15) is 0 Å². The zero-order valence-corrected chi connectivity index (χ0v) is 19.4. The first-order valence-corrected chi connectivity index (χ1v) is 11.6. The second-order valence-corrected chi connectivity index (χ2v) is 8.87. The number of pyridine rings is 2. The van der Waals surface area contributed by atoms with Crippen molar-refractivity contribution in [3.63, 3.8) is 0 Å². The summed E-state index contributed by atoms with van der Waals surface area (Å²) in [6, 6.07) is 3.08. The number of carboxylic acid groups (broad SMARTS) is 1. The van der Waals surface area contributed by atoms with Gasteiger partial charge in [-0.25, -0.2) is 9.18 Å².